The Kier molecular flexibility index (Phi) is 7.32. The van der Waals surface area contributed by atoms with E-state index in [2.05, 4.69) is 0 Å². The maximum absolute atomic E-state index is 14.4. The van der Waals surface area contributed by atoms with Crippen molar-refractivity contribution in [1.82, 2.24) is 0 Å². The zero-order chi connectivity index (χ0) is 22.6. The van der Waals surface area contributed by atoms with Crippen molar-refractivity contribution in [1.29, 1.82) is 0 Å². The van der Waals surface area contributed by atoms with Gasteiger partial charge in [-0.05, 0) is 24.5 Å². The Bertz CT molecular complexity index is 1020. The largest absolute Gasteiger partial charge is 0.489 e. The Hall–Kier alpha value is -2.46. The molecule has 0 aliphatic heterocycles. The summed E-state index contributed by atoms with van der Waals surface area (Å²) in [6.45, 7) is 3.94. The summed E-state index contributed by atoms with van der Waals surface area (Å²) in [5, 5.41) is -1.64. The van der Waals surface area contributed by atoms with Gasteiger partial charge in [0.05, 0.1) is 5.30 Å². The molecule has 3 aromatic carbocycles. The van der Waals surface area contributed by atoms with Crippen LogP contribution in [0.1, 0.15) is 37.8 Å². The van der Waals surface area contributed by atoms with Crippen LogP contribution < -0.4 is 10.0 Å². The van der Waals surface area contributed by atoms with E-state index in [0.717, 1.165) is 5.56 Å². The van der Waals surface area contributed by atoms with E-state index in [1.807, 2.05) is 44.2 Å². The summed E-state index contributed by atoms with van der Waals surface area (Å²) in [7, 11) is -0.679. The monoisotopic (exact) mass is 452 g/mol. The fourth-order valence-corrected chi connectivity index (χ4v) is 5.16. The van der Waals surface area contributed by atoms with Gasteiger partial charge in [0, 0.05) is 10.7 Å². The first kappa shape index (κ1) is 23.2. The standard InChI is InChI=1S/C24H22F5OP/c1-3-24(4-2,31-23-21(28)19(26)18(25)20(27)22(23)29)16-12-8-9-13-17(16)30-14-15-10-6-5-7-11-15/h5-13,31H,3-4,14H2,1-2H3. The topological polar surface area (TPSA) is 9.23 Å². The summed E-state index contributed by atoms with van der Waals surface area (Å²) < 4.78 is 76.0. The van der Waals surface area contributed by atoms with Crippen molar-refractivity contribution >= 4 is 13.9 Å². The highest BCUT2D eigenvalue weighted by molar-refractivity contribution is 7.48. The Morgan fingerprint density at radius 2 is 1.23 bits per heavy atom. The maximum atomic E-state index is 14.4. The molecule has 31 heavy (non-hydrogen) atoms. The van der Waals surface area contributed by atoms with Gasteiger partial charge >= 0.3 is 0 Å². The molecule has 0 radical (unpaired) electrons. The molecule has 0 aliphatic rings. The van der Waals surface area contributed by atoms with Gasteiger partial charge in [-0.15, -0.1) is 0 Å². The molecule has 0 bridgehead atoms. The molecular formula is C24H22F5OP. The highest BCUT2D eigenvalue weighted by atomic mass is 31.1. The maximum Gasteiger partial charge on any atom is 0.200 e. The van der Waals surface area contributed by atoms with Gasteiger partial charge in [-0.3, -0.25) is 0 Å². The average Bonchev–Trinajstić information content (AvgIpc) is 2.82. The molecule has 0 amide bonds. The Labute approximate surface area is 180 Å². The molecule has 3 rings (SSSR count). The molecular weight excluding hydrogens is 430 g/mol. The van der Waals surface area contributed by atoms with Crippen molar-refractivity contribution in [2.24, 2.45) is 0 Å². The number of hydrogen-bond donors (Lipinski definition) is 0. The molecule has 0 fully saturated rings. The Balaban J connectivity index is 2.03. The molecule has 1 atom stereocenters. The van der Waals surface area contributed by atoms with Crippen LogP contribution in [0.4, 0.5) is 22.0 Å². The smallest absolute Gasteiger partial charge is 0.200 e. The minimum atomic E-state index is -2.14. The Morgan fingerprint density at radius 1 is 0.710 bits per heavy atom. The normalized spacial score (nSPS) is 12.0. The van der Waals surface area contributed by atoms with Gasteiger partial charge in [0.1, 0.15) is 12.4 Å². The minimum Gasteiger partial charge on any atom is -0.489 e. The van der Waals surface area contributed by atoms with Gasteiger partial charge in [0.25, 0.3) is 0 Å². The van der Waals surface area contributed by atoms with Crippen LogP contribution in [0.2, 0.25) is 0 Å². The number of ether oxygens (including phenoxy) is 1. The van der Waals surface area contributed by atoms with E-state index in [1.54, 1.807) is 24.3 Å². The molecule has 0 spiro atoms. The zero-order valence-corrected chi connectivity index (χ0v) is 18.1. The number of para-hydroxylation sites is 1. The first-order chi connectivity index (χ1) is 14.8. The summed E-state index contributed by atoms with van der Waals surface area (Å²) in [5.41, 5.74) is 1.62. The number of halogens is 5. The third kappa shape index (κ3) is 4.59. The zero-order valence-electron chi connectivity index (χ0n) is 17.1. The van der Waals surface area contributed by atoms with Crippen molar-refractivity contribution in [3.8, 4) is 5.75 Å². The highest BCUT2D eigenvalue weighted by Gasteiger charge is 2.36. The predicted octanol–water partition coefficient (Wildman–Crippen LogP) is 6.98. The molecule has 0 aromatic heterocycles. The second-order valence-corrected chi connectivity index (χ2v) is 8.84. The van der Waals surface area contributed by atoms with Crippen molar-refractivity contribution in [2.75, 3.05) is 0 Å². The minimum absolute atomic E-state index is 0.285. The summed E-state index contributed by atoms with van der Waals surface area (Å²) in [6.07, 6.45) is 0.848. The van der Waals surface area contributed by atoms with Crippen LogP contribution >= 0.6 is 8.58 Å². The summed E-state index contributed by atoms with van der Waals surface area (Å²) in [5.74, 6) is -9.01. The van der Waals surface area contributed by atoms with Crippen LogP contribution in [0.3, 0.4) is 0 Å². The number of rotatable bonds is 8. The van der Waals surface area contributed by atoms with Crippen molar-refractivity contribution in [3.63, 3.8) is 0 Å². The van der Waals surface area contributed by atoms with E-state index in [1.165, 1.54) is 0 Å². The number of benzene rings is 3. The van der Waals surface area contributed by atoms with Crippen LogP contribution in [0, 0.1) is 29.1 Å². The molecule has 0 heterocycles. The third-order valence-electron chi connectivity index (χ3n) is 5.42. The lowest BCUT2D eigenvalue weighted by Crippen LogP contribution is -2.27. The molecule has 1 nitrogen and oxygen atoms in total. The molecule has 0 saturated carbocycles. The molecule has 3 aromatic rings. The summed E-state index contributed by atoms with van der Waals surface area (Å²) >= 11 is 0. The van der Waals surface area contributed by atoms with Crippen LogP contribution in [-0.4, -0.2) is 0 Å². The molecule has 7 heteroatoms. The van der Waals surface area contributed by atoms with E-state index in [-0.39, 0.29) is 6.61 Å². The van der Waals surface area contributed by atoms with Gasteiger partial charge in [-0.2, -0.15) is 0 Å². The Morgan fingerprint density at radius 3 is 1.81 bits per heavy atom. The van der Waals surface area contributed by atoms with Crippen molar-refractivity contribution < 1.29 is 26.7 Å². The van der Waals surface area contributed by atoms with E-state index < -0.39 is 48.1 Å². The first-order valence-corrected chi connectivity index (χ1v) is 10.9. The van der Waals surface area contributed by atoms with Gasteiger partial charge in [-0.25, -0.2) is 22.0 Å². The number of hydrogen-bond acceptors (Lipinski definition) is 1. The van der Waals surface area contributed by atoms with Crippen molar-refractivity contribution in [2.45, 2.75) is 38.5 Å². The highest BCUT2D eigenvalue weighted by Crippen LogP contribution is 2.50. The summed E-state index contributed by atoms with van der Waals surface area (Å²) in [4.78, 5) is 0. The van der Waals surface area contributed by atoms with Crippen molar-refractivity contribution in [3.05, 3.63) is 94.8 Å². The van der Waals surface area contributed by atoms with E-state index in [9.17, 15) is 22.0 Å². The summed E-state index contributed by atoms with van der Waals surface area (Å²) in [6, 6.07) is 16.6. The van der Waals surface area contributed by atoms with Gasteiger partial charge in [0.2, 0.25) is 5.82 Å². The fourth-order valence-electron chi connectivity index (χ4n) is 3.55. The molecule has 0 saturated heterocycles. The quantitative estimate of drug-likeness (QED) is 0.155. The predicted molar refractivity (Wildman–Crippen MR) is 114 cm³/mol. The van der Waals surface area contributed by atoms with Crippen LogP contribution in [0.15, 0.2) is 54.6 Å². The SMILES string of the molecule is CCC(CC)(Pc1c(F)c(F)c(F)c(F)c1F)c1ccccc1OCc1ccccc1. The van der Waals surface area contributed by atoms with Crippen LogP contribution in [0.25, 0.3) is 0 Å². The second-order valence-electron chi connectivity index (χ2n) is 7.13. The lowest BCUT2D eigenvalue weighted by molar-refractivity contribution is 0.298. The third-order valence-corrected chi connectivity index (χ3v) is 7.56. The van der Waals surface area contributed by atoms with Crippen LogP contribution in [-0.2, 0) is 11.8 Å². The van der Waals surface area contributed by atoms with E-state index >= 15 is 0 Å². The first-order valence-electron chi connectivity index (χ1n) is 9.90. The van der Waals surface area contributed by atoms with E-state index in [0.29, 0.717) is 24.2 Å². The fraction of sp³-hybridized carbons (Fsp3) is 0.250. The molecule has 0 aliphatic carbocycles. The second kappa shape index (κ2) is 9.78. The van der Waals surface area contributed by atoms with Gasteiger partial charge < -0.3 is 4.74 Å². The van der Waals surface area contributed by atoms with E-state index in [4.69, 9.17) is 4.74 Å². The van der Waals surface area contributed by atoms with Gasteiger partial charge in [0.15, 0.2) is 23.3 Å². The van der Waals surface area contributed by atoms with Gasteiger partial charge in [-0.1, -0.05) is 71.0 Å². The lowest BCUT2D eigenvalue weighted by atomic mass is 9.92. The molecule has 1 unspecified atom stereocenters. The molecule has 164 valence electrons. The lowest BCUT2D eigenvalue weighted by Gasteiger charge is -2.34. The average molecular weight is 452 g/mol. The molecule has 0 N–H and O–H groups in total. The van der Waals surface area contributed by atoms with Crippen LogP contribution in [0.5, 0.6) is 5.75 Å².